The summed E-state index contributed by atoms with van der Waals surface area (Å²) in [7, 11) is 0. The van der Waals surface area contributed by atoms with E-state index in [0.717, 1.165) is 14.9 Å². The maximum atomic E-state index is 13.3. The average molecular weight is 551 g/mol. The first-order valence-corrected chi connectivity index (χ1v) is 14.3. The second-order valence-corrected chi connectivity index (χ2v) is 14.3. The molecule has 0 N–H and O–H groups in total. The third-order valence-electron chi connectivity index (χ3n) is 5.63. The van der Waals surface area contributed by atoms with Crippen LogP contribution >= 0.6 is 32.0 Å². The van der Waals surface area contributed by atoms with Crippen molar-refractivity contribution in [2.45, 2.75) is 45.6 Å². The standard InChI is InChI=1S/C23H26IN3O3S/c1-22(2,3)16-6-8-17(9-7-16)27-19(28)23(4,5)26(21(27)29)13-15-10-11-24-14-30-20(31)25-18(24)12-15/h6-12H,13-14H2,1-5H3. The zero-order valence-electron chi connectivity index (χ0n) is 18.3. The Balaban J connectivity index is 1.60. The van der Waals surface area contributed by atoms with Gasteiger partial charge < -0.3 is 0 Å². The molecule has 0 atom stereocenters. The van der Waals surface area contributed by atoms with Crippen molar-refractivity contribution < 1.29 is 14.3 Å². The molecule has 8 heteroatoms. The number of hydrogen-bond donors (Lipinski definition) is 0. The molecule has 3 heterocycles. The zero-order valence-corrected chi connectivity index (χ0v) is 21.3. The summed E-state index contributed by atoms with van der Waals surface area (Å²) in [5.74, 6) is -0.223. The van der Waals surface area contributed by atoms with Crippen LogP contribution in [0.15, 0.2) is 51.1 Å². The van der Waals surface area contributed by atoms with Gasteiger partial charge in [0.2, 0.25) is 0 Å². The van der Waals surface area contributed by atoms with E-state index in [9.17, 15) is 9.59 Å². The molecule has 0 bridgehead atoms. The van der Waals surface area contributed by atoms with Crippen LogP contribution < -0.4 is 4.90 Å². The summed E-state index contributed by atoms with van der Waals surface area (Å²) in [5.41, 5.74) is 1.74. The van der Waals surface area contributed by atoms with Crippen molar-refractivity contribution in [2.24, 2.45) is 4.99 Å². The third-order valence-corrected chi connectivity index (χ3v) is 10.0. The average Bonchev–Trinajstić information content (AvgIpc) is 2.86. The van der Waals surface area contributed by atoms with Gasteiger partial charge in [-0.2, -0.15) is 0 Å². The fourth-order valence-electron chi connectivity index (χ4n) is 3.62. The first kappa shape index (κ1) is 22.1. The number of ether oxygens (including phenoxy) is 1. The number of thiocarbonyl (C=S) groups is 1. The fraction of sp³-hybridized carbons (Fsp3) is 0.391. The molecule has 3 aliphatic rings. The van der Waals surface area contributed by atoms with Crippen molar-refractivity contribution in [3.05, 3.63) is 51.6 Å². The van der Waals surface area contributed by atoms with Crippen molar-refractivity contribution in [1.29, 1.82) is 0 Å². The quantitative estimate of drug-likeness (QED) is 0.225. The minimum atomic E-state index is -1.58. The normalized spacial score (nSPS) is 21.7. The number of imide groups is 1. The maximum absolute atomic E-state index is 13.3. The molecular weight excluding hydrogens is 525 g/mol. The van der Waals surface area contributed by atoms with E-state index in [0.29, 0.717) is 16.8 Å². The summed E-state index contributed by atoms with van der Waals surface area (Å²) in [4.78, 5) is 33.9. The van der Waals surface area contributed by atoms with E-state index in [-0.39, 0.29) is 22.5 Å². The molecule has 164 valence electrons. The van der Waals surface area contributed by atoms with Crippen molar-refractivity contribution >= 4 is 58.6 Å². The van der Waals surface area contributed by atoms with Crippen molar-refractivity contribution in [3.8, 4) is 0 Å². The molecule has 31 heavy (non-hydrogen) atoms. The SMILES string of the molecule is CC(C)(C)c1ccc(N2C(=O)N(CC3=CC4=NC(=S)OCI4C=C3)C(C)(C)C2=O)cc1. The van der Waals surface area contributed by atoms with Gasteiger partial charge in [-0.05, 0) is 0 Å². The van der Waals surface area contributed by atoms with Crippen LogP contribution in [0, 0.1) is 0 Å². The van der Waals surface area contributed by atoms with Gasteiger partial charge in [0.1, 0.15) is 0 Å². The molecule has 0 aromatic heterocycles. The number of hydrogen-bond acceptors (Lipinski definition) is 4. The van der Waals surface area contributed by atoms with Crippen molar-refractivity contribution in [2.75, 3.05) is 16.1 Å². The van der Waals surface area contributed by atoms with E-state index in [1.807, 2.05) is 36.4 Å². The summed E-state index contributed by atoms with van der Waals surface area (Å²) in [5, 5.41) is 0.270. The number of carbonyl (C=O) groups is 2. The number of fused-ring (bicyclic) bond motifs is 1. The number of rotatable bonds is 3. The molecule has 3 amide bonds. The number of alkyl halides is 1. The van der Waals surface area contributed by atoms with Crippen LogP contribution in [0.2, 0.25) is 0 Å². The van der Waals surface area contributed by atoms with E-state index >= 15 is 0 Å². The first-order chi connectivity index (χ1) is 14.5. The topological polar surface area (TPSA) is 62.2 Å². The monoisotopic (exact) mass is 551 g/mol. The van der Waals surface area contributed by atoms with Crippen LogP contribution in [0.3, 0.4) is 0 Å². The Morgan fingerprint density at radius 2 is 1.87 bits per heavy atom. The number of halogens is 1. The molecule has 1 fully saturated rings. The van der Waals surface area contributed by atoms with Gasteiger partial charge in [-0.15, -0.1) is 0 Å². The molecular formula is C23H26IN3O3S. The summed E-state index contributed by atoms with van der Waals surface area (Å²) < 4.78 is 9.18. The molecule has 0 radical (unpaired) electrons. The summed E-state index contributed by atoms with van der Waals surface area (Å²) >= 11 is 3.49. The number of nitrogens with zero attached hydrogens (tertiary/aromatic N) is 3. The fourth-order valence-corrected chi connectivity index (χ4v) is 7.90. The molecule has 0 saturated carbocycles. The van der Waals surface area contributed by atoms with E-state index < -0.39 is 25.4 Å². The predicted octanol–water partition coefficient (Wildman–Crippen LogP) is 5.16. The van der Waals surface area contributed by atoms with Crippen LogP contribution in [0.1, 0.15) is 40.2 Å². The number of urea groups is 1. The molecule has 1 aromatic rings. The molecule has 4 rings (SSSR count). The van der Waals surface area contributed by atoms with Crippen LogP contribution in [-0.2, 0) is 14.9 Å². The number of amides is 3. The molecule has 3 aliphatic heterocycles. The molecule has 6 nitrogen and oxygen atoms in total. The summed E-state index contributed by atoms with van der Waals surface area (Å²) in [6.45, 7) is 10.3. The second-order valence-electron chi connectivity index (χ2n) is 9.23. The van der Waals surface area contributed by atoms with Gasteiger partial charge in [-0.3, -0.25) is 0 Å². The van der Waals surface area contributed by atoms with E-state index in [1.165, 1.54) is 4.90 Å². The Labute approximate surface area is 195 Å². The second kappa shape index (κ2) is 7.81. The van der Waals surface area contributed by atoms with Crippen molar-refractivity contribution in [3.63, 3.8) is 0 Å². The van der Waals surface area contributed by atoms with Gasteiger partial charge >= 0.3 is 175 Å². The Bertz CT molecular complexity index is 1050. The van der Waals surface area contributed by atoms with E-state index in [4.69, 9.17) is 17.0 Å². The first-order valence-electron chi connectivity index (χ1n) is 10.0. The Hall–Kier alpha value is -2.07. The zero-order chi connectivity index (χ0) is 22.6. The molecule has 0 unspecified atom stereocenters. The number of aliphatic imine (C=N–C) groups is 1. The summed E-state index contributed by atoms with van der Waals surface area (Å²) in [6.07, 6.45) is 4.05. The Kier molecular flexibility index (Phi) is 5.58. The Morgan fingerprint density at radius 3 is 2.52 bits per heavy atom. The molecule has 1 saturated heterocycles. The molecule has 0 aliphatic carbocycles. The number of anilines is 1. The van der Waals surface area contributed by atoms with Gasteiger partial charge in [0.05, 0.1) is 0 Å². The number of benzene rings is 1. The van der Waals surface area contributed by atoms with E-state index in [2.05, 4.69) is 29.8 Å². The van der Waals surface area contributed by atoms with E-state index in [1.54, 1.807) is 18.7 Å². The third kappa shape index (κ3) is 4.07. The molecule has 1 aromatic carbocycles. The van der Waals surface area contributed by atoms with Crippen LogP contribution in [0.5, 0.6) is 0 Å². The summed E-state index contributed by atoms with van der Waals surface area (Å²) in [6, 6.07) is 7.36. The molecule has 0 spiro atoms. The minimum absolute atomic E-state index is 0.000549. The van der Waals surface area contributed by atoms with Gasteiger partial charge in [0.25, 0.3) is 0 Å². The number of allylic oxidation sites excluding steroid dienone is 1. The van der Waals surface area contributed by atoms with Crippen LogP contribution in [-0.4, -0.2) is 42.4 Å². The van der Waals surface area contributed by atoms with Crippen molar-refractivity contribution in [1.82, 2.24) is 4.90 Å². The van der Waals surface area contributed by atoms with Crippen LogP contribution in [0.4, 0.5) is 10.5 Å². The predicted molar refractivity (Wildman–Crippen MR) is 136 cm³/mol. The van der Waals surface area contributed by atoms with Gasteiger partial charge in [-0.1, -0.05) is 20.8 Å². The Morgan fingerprint density at radius 1 is 1.19 bits per heavy atom. The number of carbonyl (C=O) groups excluding carboxylic acids is 2. The van der Waals surface area contributed by atoms with Gasteiger partial charge in [-0.25, -0.2) is 0 Å². The van der Waals surface area contributed by atoms with Crippen LogP contribution in [0.25, 0.3) is 0 Å². The van der Waals surface area contributed by atoms with Gasteiger partial charge in [0.15, 0.2) is 0 Å². The van der Waals surface area contributed by atoms with Gasteiger partial charge in [0, 0.05) is 0 Å².